The van der Waals surface area contributed by atoms with Gasteiger partial charge in [-0.15, -0.1) is 0 Å². The Kier molecular flexibility index (Phi) is 4.75. The van der Waals surface area contributed by atoms with Crippen LogP contribution in [0.1, 0.15) is 60.8 Å². The summed E-state index contributed by atoms with van der Waals surface area (Å²) >= 11 is 0. The first-order valence-electron chi connectivity index (χ1n) is 10.8. The number of piperidine rings is 1. The van der Waals surface area contributed by atoms with Crippen LogP contribution in [0, 0.1) is 5.92 Å². The Balaban J connectivity index is 1.52. The van der Waals surface area contributed by atoms with Gasteiger partial charge in [0.25, 0.3) is 0 Å². The molecule has 0 aromatic heterocycles. The van der Waals surface area contributed by atoms with Crippen molar-refractivity contribution >= 4 is 11.6 Å². The van der Waals surface area contributed by atoms with E-state index in [1.165, 1.54) is 5.56 Å². The van der Waals surface area contributed by atoms with Crippen LogP contribution in [0.4, 0.5) is 18.9 Å². The first-order valence-corrected chi connectivity index (χ1v) is 10.8. The lowest BCUT2D eigenvalue weighted by Crippen LogP contribution is -2.50. The van der Waals surface area contributed by atoms with Crippen molar-refractivity contribution in [2.75, 3.05) is 11.9 Å². The van der Waals surface area contributed by atoms with E-state index in [-0.39, 0.29) is 29.8 Å². The van der Waals surface area contributed by atoms with Crippen LogP contribution in [-0.4, -0.2) is 23.4 Å². The smallest absolute Gasteiger partial charge is 0.379 e. The third kappa shape index (κ3) is 3.26. The fourth-order valence-corrected chi connectivity index (χ4v) is 5.58. The van der Waals surface area contributed by atoms with E-state index in [1.54, 1.807) is 12.1 Å². The maximum absolute atomic E-state index is 13.4. The Bertz CT molecular complexity index is 934. The molecule has 2 aromatic carbocycles. The zero-order valence-electron chi connectivity index (χ0n) is 16.7. The van der Waals surface area contributed by atoms with E-state index in [2.05, 4.69) is 11.4 Å². The van der Waals surface area contributed by atoms with Gasteiger partial charge < -0.3 is 10.2 Å². The molecule has 6 heteroatoms. The van der Waals surface area contributed by atoms with Crippen LogP contribution in [0.15, 0.2) is 48.5 Å². The predicted molar refractivity (Wildman–Crippen MR) is 109 cm³/mol. The average molecular weight is 414 g/mol. The van der Waals surface area contributed by atoms with E-state index in [4.69, 9.17) is 0 Å². The quantitative estimate of drug-likeness (QED) is 0.679. The van der Waals surface area contributed by atoms with E-state index in [0.29, 0.717) is 6.54 Å². The van der Waals surface area contributed by atoms with Gasteiger partial charge in [0, 0.05) is 24.1 Å². The first kappa shape index (κ1) is 19.5. The fourth-order valence-electron chi connectivity index (χ4n) is 5.58. The number of hydrogen-bond acceptors (Lipinski definition) is 2. The topological polar surface area (TPSA) is 32.3 Å². The molecule has 1 saturated carbocycles. The van der Waals surface area contributed by atoms with Gasteiger partial charge in [0.15, 0.2) is 0 Å². The van der Waals surface area contributed by atoms with Crippen LogP contribution in [-0.2, 0) is 11.0 Å². The van der Waals surface area contributed by atoms with Gasteiger partial charge in [0.1, 0.15) is 0 Å². The number of para-hydroxylation sites is 1. The summed E-state index contributed by atoms with van der Waals surface area (Å²) in [7, 11) is 0. The lowest BCUT2D eigenvalue weighted by Gasteiger charge is -2.44. The number of carbonyl (C=O) groups excluding carboxylic acids is 1. The number of benzene rings is 2. The zero-order valence-corrected chi connectivity index (χ0v) is 16.7. The number of nitrogens with zero attached hydrogens (tertiary/aromatic N) is 1. The molecule has 1 N–H and O–H groups in total. The highest BCUT2D eigenvalue weighted by atomic mass is 19.4. The highest BCUT2D eigenvalue weighted by Gasteiger charge is 2.46. The minimum atomic E-state index is -4.37. The summed E-state index contributed by atoms with van der Waals surface area (Å²) in [5, 5.41) is 3.59. The van der Waals surface area contributed by atoms with Crippen LogP contribution < -0.4 is 5.32 Å². The highest BCUT2D eigenvalue weighted by molar-refractivity contribution is 5.80. The van der Waals surface area contributed by atoms with Gasteiger partial charge in [-0.2, -0.15) is 13.2 Å². The second kappa shape index (κ2) is 7.33. The summed E-state index contributed by atoms with van der Waals surface area (Å²) in [6.45, 7) is 0.637. The minimum absolute atomic E-state index is 0.0294. The number of halogens is 3. The van der Waals surface area contributed by atoms with Crippen molar-refractivity contribution in [3.05, 3.63) is 65.2 Å². The fraction of sp³-hybridized carbons (Fsp3) is 0.458. The Morgan fingerprint density at radius 2 is 1.67 bits per heavy atom. The lowest BCUT2D eigenvalue weighted by molar-refractivity contribution is -0.140. The zero-order chi connectivity index (χ0) is 20.9. The summed E-state index contributed by atoms with van der Waals surface area (Å²) in [6.07, 6.45) is 0.475. The van der Waals surface area contributed by atoms with Gasteiger partial charge in [-0.25, -0.2) is 0 Å². The monoisotopic (exact) mass is 414 g/mol. The van der Waals surface area contributed by atoms with Crippen LogP contribution >= 0.6 is 0 Å². The Hall–Kier alpha value is -2.50. The van der Waals surface area contributed by atoms with Crippen molar-refractivity contribution < 1.29 is 18.0 Å². The van der Waals surface area contributed by atoms with Crippen molar-refractivity contribution in [3.63, 3.8) is 0 Å². The number of carbonyl (C=O) groups is 1. The third-order valence-corrected chi connectivity index (χ3v) is 7.04. The molecule has 1 aliphatic carbocycles. The molecular weight excluding hydrogens is 389 g/mol. The second-order valence-electron chi connectivity index (χ2n) is 8.73. The van der Waals surface area contributed by atoms with E-state index in [0.717, 1.165) is 55.5 Å². The molecule has 0 bridgehead atoms. The molecule has 0 spiro atoms. The molecule has 1 saturated heterocycles. The van der Waals surface area contributed by atoms with E-state index < -0.39 is 11.7 Å². The molecule has 3 nitrogen and oxygen atoms in total. The van der Waals surface area contributed by atoms with E-state index in [9.17, 15) is 18.0 Å². The number of nitrogens with one attached hydrogen (secondary N) is 1. The number of anilines is 1. The molecule has 3 atom stereocenters. The number of rotatable bonds is 2. The molecule has 30 heavy (non-hydrogen) atoms. The van der Waals surface area contributed by atoms with Crippen LogP contribution in [0.25, 0.3) is 0 Å². The lowest BCUT2D eigenvalue weighted by atomic mass is 9.80. The summed E-state index contributed by atoms with van der Waals surface area (Å²) in [5.41, 5.74) is 2.42. The van der Waals surface area contributed by atoms with Gasteiger partial charge in [0.05, 0.1) is 17.6 Å². The number of alkyl halides is 3. The molecule has 2 heterocycles. The Labute approximate surface area is 174 Å². The number of fused-ring (bicyclic) bond motifs is 3. The SMILES string of the molecule is O=C(C1CCCC1)N1CCC2c3ccccc3NC2C1c1ccc(C(F)(F)F)cc1. The molecule has 3 unspecified atom stereocenters. The van der Waals surface area contributed by atoms with Crippen molar-refractivity contribution in [3.8, 4) is 0 Å². The number of hydrogen-bond donors (Lipinski definition) is 1. The van der Waals surface area contributed by atoms with Crippen LogP contribution in [0.5, 0.6) is 0 Å². The Morgan fingerprint density at radius 3 is 2.37 bits per heavy atom. The van der Waals surface area contributed by atoms with E-state index in [1.807, 2.05) is 23.1 Å². The molecular formula is C24H25F3N2O. The largest absolute Gasteiger partial charge is 0.416 e. The first-order chi connectivity index (χ1) is 14.4. The number of likely N-dealkylation sites (tertiary alicyclic amines) is 1. The van der Waals surface area contributed by atoms with Crippen molar-refractivity contribution in [2.24, 2.45) is 5.92 Å². The van der Waals surface area contributed by atoms with Gasteiger partial charge in [-0.05, 0) is 48.6 Å². The van der Waals surface area contributed by atoms with Gasteiger partial charge in [-0.3, -0.25) is 4.79 Å². The van der Waals surface area contributed by atoms with Gasteiger partial charge in [0.2, 0.25) is 5.91 Å². The van der Waals surface area contributed by atoms with Crippen molar-refractivity contribution in [1.29, 1.82) is 0 Å². The van der Waals surface area contributed by atoms with Crippen molar-refractivity contribution in [2.45, 2.75) is 56.3 Å². The third-order valence-electron chi connectivity index (χ3n) is 7.04. The standard InChI is InChI=1S/C24H25F3N2O/c25-24(26,27)17-11-9-15(10-12-17)22-21-19(18-7-3-4-8-20(18)28-21)13-14-29(22)23(30)16-5-1-2-6-16/h3-4,7-12,16,19,21-22,28H,1-2,5-6,13-14H2. The molecule has 3 aliphatic rings. The molecule has 158 valence electrons. The summed E-state index contributed by atoms with van der Waals surface area (Å²) in [4.78, 5) is 15.3. The molecule has 2 fully saturated rings. The maximum Gasteiger partial charge on any atom is 0.416 e. The summed E-state index contributed by atoms with van der Waals surface area (Å²) in [5.74, 6) is 0.456. The molecule has 2 aromatic rings. The Morgan fingerprint density at radius 1 is 0.967 bits per heavy atom. The highest BCUT2D eigenvalue weighted by Crippen LogP contribution is 2.48. The van der Waals surface area contributed by atoms with Crippen molar-refractivity contribution in [1.82, 2.24) is 4.90 Å². The molecule has 5 rings (SSSR count). The normalized spacial score (nSPS) is 26.2. The van der Waals surface area contributed by atoms with E-state index >= 15 is 0 Å². The average Bonchev–Trinajstić information content (AvgIpc) is 3.40. The summed E-state index contributed by atoms with van der Waals surface area (Å²) < 4.78 is 39.3. The number of amides is 1. The second-order valence-corrected chi connectivity index (χ2v) is 8.73. The molecule has 2 aliphatic heterocycles. The minimum Gasteiger partial charge on any atom is -0.379 e. The summed E-state index contributed by atoms with van der Waals surface area (Å²) in [6, 6.07) is 13.2. The van der Waals surface area contributed by atoms with Crippen LogP contribution in [0.3, 0.4) is 0 Å². The predicted octanol–water partition coefficient (Wildman–Crippen LogP) is 5.75. The molecule has 0 radical (unpaired) electrons. The molecule has 1 amide bonds. The van der Waals surface area contributed by atoms with Crippen LogP contribution in [0.2, 0.25) is 0 Å². The van der Waals surface area contributed by atoms with Gasteiger partial charge in [-0.1, -0.05) is 43.2 Å². The van der Waals surface area contributed by atoms with Gasteiger partial charge >= 0.3 is 6.18 Å². The maximum atomic E-state index is 13.4.